The van der Waals surface area contributed by atoms with Crippen molar-refractivity contribution in [3.63, 3.8) is 0 Å². The SMILES string of the molecule is CCOC(=O)Cc1cnc(I)c(F)c1. The number of carbonyl (C=O) groups excluding carboxylic acids is 1. The van der Waals surface area contributed by atoms with Gasteiger partial charge in [0.2, 0.25) is 0 Å². The predicted octanol–water partition coefficient (Wildman–Crippen LogP) is 1.93. The summed E-state index contributed by atoms with van der Waals surface area (Å²) < 4.78 is 18.0. The van der Waals surface area contributed by atoms with Gasteiger partial charge in [-0.05, 0) is 41.1 Å². The number of aromatic nitrogens is 1. The van der Waals surface area contributed by atoms with Crippen molar-refractivity contribution < 1.29 is 13.9 Å². The Kier molecular flexibility index (Phi) is 4.24. The van der Waals surface area contributed by atoms with Crippen molar-refractivity contribution in [2.45, 2.75) is 13.3 Å². The van der Waals surface area contributed by atoms with Gasteiger partial charge in [-0.1, -0.05) is 0 Å². The third kappa shape index (κ3) is 3.21. The van der Waals surface area contributed by atoms with E-state index in [1.165, 1.54) is 12.3 Å². The molecule has 0 aliphatic rings. The highest BCUT2D eigenvalue weighted by atomic mass is 127. The largest absolute Gasteiger partial charge is 0.466 e. The van der Waals surface area contributed by atoms with Crippen LogP contribution in [0, 0.1) is 9.52 Å². The lowest BCUT2D eigenvalue weighted by molar-refractivity contribution is -0.142. The Morgan fingerprint density at radius 3 is 3.00 bits per heavy atom. The monoisotopic (exact) mass is 309 g/mol. The molecule has 1 rings (SSSR count). The van der Waals surface area contributed by atoms with E-state index >= 15 is 0 Å². The quantitative estimate of drug-likeness (QED) is 0.486. The number of rotatable bonds is 3. The lowest BCUT2D eigenvalue weighted by atomic mass is 10.2. The van der Waals surface area contributed by atoms with Crippen LogP contribution < -0.4 is 0 Å². The fraction of sp³-hybridized carbons (Fsp3) is 0.333. The van der Waals surface area contributed by atoms with Crippen molar-refractivity contribution in [2.75, 3.05) is 6.61 Å². The number of hydrogen-bond acceptors (Lipinski definition) is 3. The number of carbonyl (C=O) groups is 1. The van der Waals surface area contributed by atoms with Crippen LogP contribution in [0.15, 0.2) is 12.3 Å². The van der Waals surface area contributed by atoms with E-state index in [1.807, 2.05) is 0 Å². The highest BCUT2D eigenvalue weighted by Gasteiger charge is 2.07. The van der Waals surface area contributed by atoms with Crippen LogP contribution in [-0.2, 0) is 16.0 Å². The molecule has 0 fully saturated rings. The summed E-state index contributed by atoms with van der Waals surface area (Å²) >= 11 is 1.79. The van der Waals surface area contributed by atoms with Gasteiger partial charge in [0, 0.05) is 6.20 Å². The molecular formula is C9H9FINO2. The molecule has 1 aromatic rings. The number of ether oxygens (including phenoxy) is 1. The maximum atomic E-state index is 13.0. The number of esters is 1. The fourth-order valence-corrected chi connectivity index (χ4v) is 1.23. The lowest BCUT2D eigenvalue weighted by Gasteiger charge is -2.02. The third-order valence-electron chi connectivity index (χ3n) is 1.51. The molecule has 0 radical (unpaired) electrons. The second-order valence-corrected chi connectivity index (χ2v) is 3.62. The minimum atomic E-state index is -0.410. The fourth-order valence-electron chi connectivity index (χ4n) is 0.936. The van der Waals surface area contributed by atoms with E-state index in [1.54, 1.807) is 29.5 Å². The Labute approximate surface area is 94.8 Å². The molecule has 3 nitrogen and oxygen atoms in total. The van der Waals surface area contributed by atoms with Crippen LogP contribution in [0.25, 0.3) is 0 Å². The second-order valence-electron chi connectivity index (χ2n) is 2.60. The van der Waals surface area contributed by atoms with Crippen LogP contribution in [0.3, 0.4) is 0 Å². The molecule has 0 bridgehead atoms. The first-order valence-electron chi connectivity index (χ1n) is 4.09. The van der Waals surface area contributed by atoms with Gasteiger partial charge < -0.3 is 4.74 Å². The van der Waals surface area contributed by atoms with Gasteiger partial charge in [0.1, 0.15) is 3.70 Å². The molecule has 0 aliphatic heterocycles. The smallest absolute Gasteiger partial charge is 0.310 e. The Morgan fingerprint density at radius 1 is 1.71 bits per heavy atom. The summed E-state index contributed by atoms with van der Waals surface area (Å²) in [5, 5.41) is 0. The molecule has 0 unspecified atom stereocenters. The first-order valence-corrected chi connectivity index (χ1v) is 5.17. The maximum absolute atomic E-state index is 13.0. The van der Waals surface area contributed by atoms with E-state index in [-0.39, 0.29) is 12.4 Å². The summed E-state index contributed by atoms with van der Waals surface area (Å²) in [6, 6.07) is 1.30. The van der Waals surface area contributed by atoms with E-state index in [4.69, 9.17) is 4.74 Å². The standard InChI is InChI=1S/C9H9FINO2/c1-2-14-8(13)4-6-3-7(10)9(11)12-5-6/h3,5H,2,4H2,1H3. The molecule has 1 heterocycles. The van der Waals surface area contributed by atoms with Crippen molar-refractivity contribution in [1.29, 1.82) is 0 Å². The predicted molar refractivity (Wildman–Crippen MR) is 57.2 cm³/mol. The van der Waals surface area contributed by atoms with Crippen molar-refractivity contribution in [3.8, 4) is 0 Å². The Morgan fingerprint density at radius 2 is 2.43 bits per heavy atom. The normalized spacial score (nSPS) is 9.93. The Balaban J connectivity index is 2.68. The molecule has 76 valence electrons. The van der Waals surface area contributed by atoms with E-state index in [9.17, 15) is 9.18 Å². The molecule has 5 heteroatoms. The molecule has 0 atom stereocenters. The van der Waals surface area contributed by atoms with Gasteiger partial charge in [-0.15, -0.1) is 0 Å². The molecule has 0 amide bonds. The molecule has 1 aromatic heterocycles. The average Bonchev–Trinajstić information content (AvgIpc) is 2.12. The number of pyridine rings is 1. The zero-order valence-electron chi connectivity index (χ0n) is 7.59. The Hall–Kier alpha value is -0.720. The summed E-state index contributed by atoms with van der Waals surface area (Å²) in [7, 11) is 0. The molecule has 0 spiro atoms. The van der Waals surface area contributed by atoms with Crippen molar-refractivity contribution in [1.82, 2.24) is 4.98 Å². The second kappa shape index (κ2) is 5.23. The van der Waals surface area contributed by atoms with Crippen LogP contribution >= 0.6 is 22.6 Å². The third-order valence-corrected chi connectivity index (χ3v) is 2.30. The van der Waals surface area contributed by atoms with Crippen LogP contribution in [0.4, 0.5) is 4.39 Å². The molecule has 0 aliphatic carbocycles. The molecule has 0 saturated carbocycles. The first kappa shape index (κ1) is 11.4. The molecular weight excluding hydrogens is 300 g/mol. The molecule has 14 heavy (non-hydrogen) atoms. The summed E-state index contributed by atoms with van der Waals surface area (Å²) in [5.41, 5.74) is 0.529. The molecule has 0 aromatic carbocycles. The summed E-state index contributed by atoms with van der Waals surface area (Å²) in [4.78, 5) is 14.8. The van der Waals surface area contributed by atoms with Crippen molar-refractivity contribution in [3.05, 3.63) is 27.3 Å². The average molecular weight is 309 g/mol. The van der Waals surface area contributed by atoms with E-state index in [2.05, 4.69) is 4.98 Å². The molecule has 0 saturated heterocycles. The van der Waals surface area contributed by atoms with Gasteiger partial charge in [0.05, 0.1) is 13.0 Å². The van der Waals surface area contributed by atoms with Gasteiger partial charge in [-0.25, -0.2) is 9.37 Å². The summed E-state index contributed by atoms with van der Waals surface area (Å²) in [6.45, 7) is 2.06. The summed E-state index contributed by atoms with van der Waals surface area (Å²) in [6.07, 6.45) is 1.54. The van der Waals surface area contributed by atoms with E-state index in [0.29, 0.717) is 15.9 Å². The van der Waals surface area contributed by atoms with Gasteiger partial charge in [0.25, 0.3) is 0 Å². The first-order chi connectivity index (χ1) is 6.63. The lowest BCUT2D eigenvalue weighted by Crippen LogP contribution is -2.08. The highest BCUT2D eigenvalue weighted by Crippen LogP contribution is 2.10. The van der Waals surface area contributed by atoms with Crippen LogP contribution in [0.1, 0.15) is 12.5 Å². The highest BCUT2D eigenvalue weighted by molar-refractivity contribution is 14.1. The maximum Gasteiger partial charge on any atom is 0.310 e. The van der Waals surface area contributed by atoms with E-state index in [0.717, 1.165) is 0 Å². The molecule has 0 N–H and O–H groups in total. The van der Waals surface area contributed by atoms with Gasteiger partial charge in [0.15, 0.2) is 5.82 Å². The van der Waals surface area contributed by atoms with Crippen molar-refractivity contribution in [2.24, 2.45) is 0 Å². The van der Waals surface area contributed by atoms with E-state index < -0.39 is 5.82 Å². The van der Waals surface area contributed by atoms with Crippen LogP contribution in [-0.4, -0.2) is 17.6 Å². The number of nitrogens with zero attached hydrogens (tertiary/aromatic N) is 1. The number of hydrogen-bond donors (Lipinski definition) is 0. The minimum absolute atomic E-state index is 0.0642. The van der Waals surface area contributed by atoms with Crippen LogP contribution in [0.5, 0.6) is 0 Å². The Bertz CT molecular complexity index is 344. The zero-order valence-corrected chi connectivity index (χ0v) is 9.75. The van der Waals surface area contributed by atoms with Gasteiger partial charge in [-0.2, -0.15) is 0 Å². The van der Waals surface area contributed by atoms with Gasteiger partial charge in [-0.3, -0.25) is 4.79 Å². The number of halogens is 2. The van der Waals surface area contributed by atoms with Crippen molar-refractivity contribution >= 4 is 28.6 Å². The zero-order chi connectivity index (χ0) is 10.6. The topological polar surface area (TPSA) is 39.2 Å². The minimum Gasteiger partial charge on any atom is -0.466 e. The summed E-state index contributed by atoms with van der Waals surface area (Å²) in [5.74, 6) is -0.776. The van der Waals surface area contributed by atoms with Crippen LogP contribution in [0.2, 0.25) is 0 Å². The van der Waals surface area contributed by atoms with Gasteiger partial charge >= 0.3 is 5.97 Å².